The summed E-state index contributed by atoms with van der Waals surface area (Å²) in [6.45, 7) is 8.52. The molecule has 248 valence electrons. The van der Waals surface area contributed by atoms with E-state index in [4.69, 9.17) is 9.47 Å². The molecule has 5 aromatic rings. The lowest BCUT2D eigenvalue weighted by Gasteiger charge is -2.39. The van der Waals surface area contributed by atoms with Gasteiger partial charge in [-0.1, -0.05) is 86.7 Å². The van der Waals surface area contributed by atoms with E-state index in [9.17, 15) is 5.11 Å². The van der Waals surface area contributed by atoms with Crippen LogP contribution in [-0.2, 0) is 11.0 Å². The van der Waals surface area contributed by atoms with Crippen molar-refractivity contribution in [2.24, 2.45) is 0 Å². The Morgan fingerprint density at radius 1 is 0.776 bits per heavy atom. The van der Waals surface area contributed by atoms with Crippen LogP contribution in [0.3, 0.4) is 0 Å². The fourth-order valence-corrected chi connectivity index (χ4v) is 9.04. The summed E-state index contributed by atoms with van der Waals surface area (Å²) in [6, 6.07) is 33.1. The number of benzene rings is 5. The van der Waals surface area contributed by atoms with Crippen LogP contribution in [-0.4, -0.2) is 44.5 Å². The molecule has 5 heteroatoms. The highest BCUT2D eigenvalue weighted by Gasteiger charge is 2.44. The van der Waals surface area contributed by atoms with Crippen LogP contribution >= 0.6 is 0 Å². The molecule has 1 unspecified atom stereocenters. The van der Waals surface area contributed by atoms with Gasteiger partial charge in [0.15, 0.2) is 5.60 Å². The van der Waals surface area contributed by atoms with Crippen LogP contribution in [0.4, 0.5) is 11.4 Å². The maximum Gasteiger partial charge on any atom is 0.178 e. The fourth-order valence-electron chi connectivity index (χ4n) is 9.04. The van der Waals surface area contributed by atoms with Crippen LogP contribution in [0.15, 0.2) is 97.1 Å². The maximum atomic E-state index is 10.3. The van der Waals surface area contributed by atoms with E-state index < -0.39 is 5.60 Å². The van der Waals surface area contributed by atoms with Crippen molar-refractivity contribution < 1.29 is 14.6 Å². The van der Waals surface area contributed by atoms with Gasteiger partial charge in [-0.15, -0.1) is 0 Å². The number of methoxy groups -OCH3 is 1. The number of piperidine rings is 1. The summed E-state index contributed by atoms with van der Waals surface area (Å²) in [4.78, 5) is 4.86. The van der Waals surface area contributed by atoms with Crippen molar-refractivity contribution in [1.82, 2.24) is 0 Å². The Morgan fingerprint density at radius 3 is 2.20 bits per heavy atom. The van der Waals surface area contributed by atoms with E-state index in [0.717, 1.165) is 78.3 Å². The van der Waals surface area contributed by atoms with Gasteiger partial charge in [-0.2, -0.15) is 0 Å². The molecule has 5 aromatic carbocycles. The number of aliphatic hydroxyl groups excluding tert-OH is 1. The van der Waals surface area contributed by atoms with Crippen molar-refractivity contribution in [3.63, 3.8) is 0 Å². The number of ether oxygens (including phenoxy) is 2. The number of rotatable bonds is 5. The van der Waals surface area contributed by atoms with E-state index in [0.29, 0.717) is 0 Å². The van der Waals surface area contributed by atoms with Crippen LogP contribution in [0.25, 0.3) is 28.0 Å². The molecule has 9 rings (SSSR count). The minimum atomic E-state index is -0.816. The van der Waals surface area contributed by atoms with Gasteiger partial charge in [0, 0.05) is 59.4 Å². The Labute approximate surface area is 289 Å². The third-order valence-corrected chi connectivity index (χ3v) is 11.6. The first kappa shape index (κ1) is 30.3. The van der Waals surface area contributed by atoms with E-state index >= 15 is 0 Å². The average Bonchev–Trinajstić information content (AvgIpc) is 3.77. The molecule has 0 aromatic heterocycles. The Bertz CT molecular complexity index is 2090. The number of nitrogens with zero attached hydrogens (tertiary/aromatic N) is 2. The molecular formula is C44H44N2O3. The lowest BCUT2D eigenvalue weighted by Crippen LogP contribution is -2.36. The van der Waals surface area contributed by atoms with Crippen molar-refractivity contribution in [3.05, 3.63) is 125 Å². The smallest absolute Gasteiger partial charge is 0.178 e. The molecular weight excluding hydrogens is 604 g/mol. The second kappa shape index (κ2) is 11.4. The van der Waals surface area contributed by atoms with Crippen molar-refractivity contribution in [3.8, 4) is 22.6 Å². The van der Waals surface area contributed by atoms with Gasteiger partial charge in [0.25, 0.3) is 0 Å². The van der Waals surface area contributed by atoms with Crippen molar-refractivity contribution >= 4 is 28.2 Å². The van der Waals surface area contributed by atoms with Gasteiger partial charge in [-0.3, -0.25) is 0 Å². The molecule has 0 saturated carbocycles. The molecule has 0 amide bonds. The normalized spacial score (nSPS) is 21.0. The monoisotopic (exact) mass is 648 g/mol. The van der Waals surface area contributed by atoms with Crippen LogP contribution in [0.5, 0.6) is 11.5 Å². The Morgan fingerprint density at radius 2 is 1.47 bits per heavy atom. The summed E-state index contributed by atoms with van der Waals surface area (Å²) in [5.74, 6) is 1.72. The summed E-state index contributed by atoms with van der Waals surface area (Å²) in [7, 11) is 1.76. The van der Waals surface area contributed by atoms with E-state index in [1.807, 2.05) is 0 Å². The summed E-state index contributed by atoms with van der Waals surface area (Å²) in [5, 5.41) is 12.6. The minimum absolute atomic E-state index is 0.225. The summed E-state index contributed by atoms with van der Waals surface area (Å²) in [6.07, 6.45) is 8.38. The SMILES string of the molecule is COc1cc2c3c(c4c(c2cc1N1CCC(O)CC1)-c1ccccc1C4(C)C)C=CC(c1ccccc1)(c1ccc(N2CCCC2)cc1)O3. The molecule has 0 bridgehead atoms. The van der Waals surface area contributed by atoms with E-state index in [1.165, 1.54) is 46.2 Å². The third-order valence-electron chi connectivity index (χ3n) is 11.6. The molecule has 49 heavy (non-hydrogen) atoms. The number of hydrogen-bond acceptors (Lipinski definition) is 5. The van der Waals surface area contributed by atoms with E-state index in [2.05, 4.69) is 127 Å². The van der Waals surface area contributed by atoms with Gasteiger partial charge in [-0.05, 0) is 83.7 Å². The first-order valence-corrected chi connectivity index (χ1v) is 17.9. The first-order valence-electron chi connectivity index (χ1n) is 17.9. The second-order valence-electron chi connectivity index (χ2n) is 14.7. The second-order valence-corrected chi connectivity index (χ2v) is 14.7. The lowest BCUT2D eigenvalue weighted by molar-refractivity contribution is 0.145. The number of aliphatic hydroxyl groups is 1. The molecule has 1 aliphatic carbocycles. The van der Waals surface area contributed by atoms with Crippen molar-refractivity contribution in [2.45, 2.75) is 56.7 Å². The Kier molecular flexibility index (Phi) is 7.07. The number of hydrogen-bond donors (Lipinski definition) is 1. The molecule has 1 atom stereocenters. The first-order chi connectivity index (χ1) is 23.9. The van der Waals surface area contributed by atoms with Crippen LogP contribution < -0.4 is 19.3 Å². The van der Waals surface area contributed by atoms with Gasteiger partial charge in [0.2, 0.25) is 0 Å². The zero-order chi connectivity index (χ0) is 33.3. The predicted octanol–water partition coefficient (Wildman–Crippen LogP) is 9.07. The molecule has 3 aliphatic heterocycles. The molecule has 4 aliphatic rings. The van der Waals surface area contributed by atoms with Gasteiger partial charge in [-0.25, -0.2) is 0 Å². The van der Waals surface area contributed by atoms with Gasteiger partial charge < -0.3 is 24.4 Å². The van der Waals surface area contributed by atoms with E-state index in [-0.39, 0.29) is 11.5 Å². The van der Waals surface area contributed by atoms with Gasteiger partial charge in [0.05, 0.1) is 18.9 Å². The molecule has 3 heterocycles. The average molecular weight is 649 g/mol. The highest BCUT2D eigenvalue weighted by molar-refractivity contribution is 6.10. The van der Waals surface area contributed by atoms with E-state index in [1.54, 1.807) is 7.11 Å². The van der Waals surface area contributed by atoms with Crippen LogP contribution in [0.2, 0.25) is 0 Å². The molecule has 2 saturated heterocycles. The molecule has 2 fully saturated rings. The quantitative estimate of drug-likeness (QED) is 0.206. The highest BCUT2D eigenvalue weighted by Crippen LogP contribution is 2.59. The fraction of sp³-hybridized carbons (Fsp3) is 0.318. The van der Waals surface area contributed by atoms with Gasteiger partial charge in [0.1, 0.15) is 11.5 Å². The molecule has 5 nitrogen and oxygen atoms in total. The zero-order valence-corrected chi connectivity index (χ0v) is 28.7. The van der Waals surface area contributed by atoms with Crippen LogP contribution in [0.1, 0.15) is 67.3 Å². The highest BCUT2D eigenvalue weighted by atomic mass is 16.5. The Balaban J connectivity index is 1.30. The molecule has 0 spiro atoms. The maximum absolute atomic E-state index is 10.3. The minimum Gasteiger partial charge on any atom is -0.495 e. The largest absolute Gasteiger partial charge is 0.495 e. The zero-order valence-electron chi connectivity index (χ0n) is 28.7. The summed E-state index contributed by atoms with van der Waals surface area (Å²) < 4.78 is 13.7. The standard InChI is InChI=1S/C44H44N2O3/c1-43(2)37-14-8-7-13-33(37)40-35-27-38(46-25-20-32(47)21-26-46)39(48-3)28-36(35)42-34(41(40)43)19-22-44(49-42,29-11-5-4-6-12-29)30-15-17-31(18-16-30)45-23-9-10-24-45/h4-8,11-19,22,27-28,32,47H,9-10,20-21,23-26H2,1-3H3. The predicted molar refractivity (Wildman–Crippen MR) is 200 cm³/mol. The summed E-state index contributed by atoms with van der Waals surface area (Å²) >= 11 is 0. The van der Waals surface area contributed by atoms with Crippen LogP contribution in [0, 0.1) is 0 Å². The van der Waals surface area contributed by atoms with Crippen molar-refractivity contribution in [2.75, 3.05) is 43.1 Å². The molecule has 0 radical (unpaired) electrons. The summed E-state index contributed by atoms with van der Waals surface area (Å²) in [5.41, 5.74) is 9.86. The number of anilines is 2. The van der Waals surface area contributed by atoms with Crippen molar-refractivity contribution in [1.29, 1.82) is 0 Å². The van der Waals surface area contributed by atoms with Gasteiger partial charge >= 0.3 is 0 Å². The number of fused-ring (bicyclic) bond motifs is 8. The topological polar surface area (TPSA) is 45.2 Å². The lowest BCUT2D eigenvalue weighted by atomic mass is 9.76. The Hall–Kier alpha value is -4.74. The molecule has 1 N–H and O–H groups in total. The third kappa shape index (κ3) is 4.62.